The van der Waals surface area contributed by atoms with Crippen molar-refractivity contribution >= 4 is 0 Å². The largest absolute Gasteiger partial charge is 0.372 e. The van der Waals surface area contributed by atoms with Gasteiger partial charge in [0.1, 0.15) is 0 Å². The molecule has 392 valence electrons. The van der Waals surface area contributed by atoms with Gasteiger partial charge < -0.3 is 4.90 Å². The summed E-state index contributed by atoms with van der Waals surface area (Å²) >= 11 is 0. The lowest BCUT2D eigenvalue weighted by molar-refractivity contribution is 0.120. The SMILES string of the molecule is C=C.C=C(C1CCCC(C)C1C)N1CCCCC1CCCC.C=CC(C)CC/C=C/C=C/C=C(\C)CC.CC.CCC.CCC.CCC1CCCC(CCCCCC/C=C(\C)C(C#N)CC)C1. The molecule has 0 aromatic carbocycles. The second-order valence-corrected chi connectivity index (χ2v) is 20.1. The summed E-state index contributed by atoms with van der Waals surface area (Å²) in [5.41, 5.74) is 4.18. The zero-order valence-corrected chi connectivity index (χ0v) is 48.5. The molecule has 8 unspecified atom stereocenters. The summed E-state index contributed by atoms with van der Waals surface area (Å²) in [6, 6.07) is 3.18. The minimum Gasteiger partial charge on any atom is -0.372 e. The van der Waals surface area contributed by atoms with Crippen LogP contribution in [0.25, 0.3) is 0 Å². The highest BCUT2D eigenvalue weighted by Gasteiger charge is 2.33. The maximum atomic E-state index is 9.04. The first-order chi connectivity index (χ1) is 32.4. The average Bonchev–Trinajstić information content (AvgIpc) is 3.35. The van der Waals surface area contributed by atoms with Crippen LogP contribution in [0.2, 0.25) is 0 Å². The Morgan fingerprint density at radius 3 is 1.96 bits per heavy atom. The predicted octanol–water partition coefficient (Wildman–Crippen LogP) is 22.4. The number of hydrogen-bond donors (Lipinski definition) is 0. The molecule has 0 bridgehead atoms. The summed E-state index contributed by atoms with van der Waals surface area (Å²) in [7, 11) is 0. The molecule has 2 aliphatic carbocycles. The molecule has 0 amide bonds. The van der Waals surface area contributed by atoms with Gasteiger partial charge in [0.15, 0.2) is 0 Å². The fourth-order valence-electron chi connectivity index (χ4n) is 9.39. The fraction of sp³-hybridized carbons (Fsp3) is 0.769. The van der Waals surface area contributed by atoms with E-state index >= 15 is 0 Å². The molecule has 67 heavy (non-hydrogen) atoms. The molecule has 0 N–H and O–H groups in total. The lowest BCUT2D eigenvalue weighted by Crippen LogP contribution is -2.42. The Morgan fingerprint density at radius 1 is 0.746 bits per heavy atom. The van der Waals surface area contributed by atoms with Gasteiger partial charge in [-0.2, -0.15) is 5.26 Å². The van der Waals surface area contributed by atoms with Crippen LogP contribution in [0.3, 0.4) is 0 Å². The van der Waals surface area contributed by atoms with Gasteiger partial charge in [-0.15, -0.1) is 19.7 Å². The predicted molar refractivity (Wildman–Crippen MR) is 311 cm³/mol. The van der Waals surface area contributed by atoms with Gasteiger partial charge in [0.25, 0.3) is 0 Å². The second kappa shape index (κ2) is 52.8. The first kappa shape index (κ1) is 71.0. The highest BCUT2D eigenvalue weighted by Crippen LogP contribution is 2.41. The molecule has 0 aromatic heterocycles. The van der Waals surface area contributed by atoms with Crippen LogP contribution in [0.1, 0.15) is 271 Å². The van der Waals surface area contributed by atoms with Crippen molar-refractivity contribution in [2.75, 3.05) is 6.54 Å². The Bertz CT molecular complexity index is 1240. The number of allylic oxidation sites excluding steroid dienone is 10. The van der Waals surface area contributed by atoms with E-state index in [4.69, 9.17) is 5.26 Å². The Balaban J connectivity index is -0.000000409. The summed E-state index contributed by atoms with van der Waals surface area (Å²) in [6.45, 7) is 48.4. The van der Waals surface area contributed by atoms with Gasteiger partial charge in [-0.1, -0.05) is 240 Å². The minimum atomic E-state index is 0.137. The molecular weight excluding hydrogens is 809 g/mol. The zero-order valence-electron chi connectivity index (χ0n) is 48.5. The van der Waals surface area contributed by atoms with E-state index in [9.17, 15) is 0 Å². The van der Waals surface area contributed by atoms with Crippen molar-refractivity contribution in [3.05, 3.63) is 85.7 Å². The highest BCUT2D eigenvalue weighted by atomic mass is 15.2. The van der Waals surface area contributed by atoms with Crippen molar-refractivity contribution in [1.82, 2.24) is 4.90 Å². The molecular formula is C65H122N2. The molecule has 3 aliphatic rings. The summed E-state index contributed by atoms with van der Waals surface area (Å²) in [5, 5.41) is 9.04. The molecule has 1 heterocycles. The van der Waals surface area contributed by atoms with Gasteiger partial charge in [0.05, 0.1) is 12.0 Å². The first-order valence-corrected chi connectivity index (χ1v) is 29.0. The van der Waals surface area contributed by atoms with Crippen LogP contribution in [0, 0.1) is 52.8 Å². The number of nitrogens with zero attached hydrogens (tertiary/aromatic N) is 2. The van der Waals surface area contributed by atoms with Gasteiger partial charge in [-0.3, -0.25) is 0 Å². The molecule has 0 radical (unpaired) electrons. The number of nitriles is 1. The third kappa shape index (κ3) is 38.9. The molecule has 0 aromatic rings. The minimum absolute atomic E-state index is 0.137. The van der Waals surface area contributed by atoms with Crippen LogP contribution >= 0.6 is 0 Å². The maximum absolute atomic E-state index is 9.04. The molecule has 2 heteroatoms. The quantitative estimate of drug-likeness (QED) is 0.0614. The number of rotatable bonds is 22. The molecule has 3 fully saturated rings. The van der Waals surface area contributed by atoms with E-state index in [0.717, 1.165) is 61.3 Å². The molecule has 0 spiro atoms. The third-order valence-corrected chi connectivity index (χ3v) is 14.1. The molecule has 1 aliphatic heterocycles. The maximum Gasteiger partial charge on any atom is 0.0700 e. The normalized spacial score (nSPS) is 22.4. The first-order valence-electron chi connectivity index (χ1n) is 29.0. The molecule has 8 atom stereocenters. The Kier molecular flexibility index (Phi) is 56.0. The highest BCUT2D eigenvalue weighted by molar-refractivity contribution is 5.15. The summed E-state index contributed by atoms with van der Waals surface area (Å²) in [4.78, 5) is 2.72. The van der Waals surface area contributed by atoms with E-state index in [0.29, 0.717) is 5.92 Å². The van der Waals surface area contributed by atoms with E-state index in [-0.39, 0.29) is 5.92 Å². The van der Waals surface area contributed by atoms with Crippen molar-refractivity contribution in [3.8, 4) is 6.07 Å². The zero-order chi connectivity index (χ0) is 51.7. The Labute approximate surface area is 424 Å². The van der Waals surface area contributed by atoms with Crippen molar-refractivity contribution in [1.29, 1.82) is 5.26 Å². The van der Waals surface area contributed by atoms with Crippen LogP contribution < -0.4 is 0 Å². The van der Waals surface area contributed by atoms with Gasteiger partial charge in [0.2, 0.25) is 0 Å². The van der Waals surface area contributed by atoms with Crippen LogP contribution in [-0.2, 0) is 0 Å². The molecule has 1 saturated heterocycles. The summed E-state index contributed by atoms with van der Waals surface area (Å²) < 4.78 is 0. The summed E-state index contributed by atoms with van der Waals surface area (Å²) in [5.74, 6) is 5.27. The topological polar surface area (TPSA) is 27.0 Å². The monoisotopic (exact) mass is 931 g/mol. The number of hydrogen-bond acceptors (Lipinski definition) is 2. The number of piperidine rings is 1. The number of likely N-dealkylation sites (tertiary alicyclic amines) is 1. The molecule has 2 saturated carbocycles. The van der Waals surface area contributed by atoms with E-state index in [1.54, 1.807) is 0 Å². The standard InChI is InChI=1S/C21H37N.C19H35N.C15H24.2C3H8.C2H6.C2H4/c1-4-19-14-11-15-20(16-19)13-10-8-6-7-9-12-18(3)21(5-2)17-22;1-5-6-11-18-12-7-8-14-20(18)17(4)19-13-9-10-15(2)16(19)3;1-5-14(3)12-10-8-7-9-11-13-15(4)6-2;2*1-3-2;2*1-2/h12,19-21H,4-11,13-16H2,1-3H3;15-16,18-19H,4-14H2,1-3H3;5,7-9,11,13-14H,1,6,10,12H2,2-4H3;2*3H2,1-2H3;1-2H3;1-2H2/b18-12+;;8-7+,11-9+,15-13+;;;;. The smallest absolute Gasteiger partial charge is 0.0700 e. The lowest BCUT2D eigenvalue weighted by atomic mass is 9.72. The fourth-order valence-corrected chi connectivity index (χ4v) is 9.39. The van der Waals surface area contributed by atoms with Gasteiger partial charge in [0, 0.05) is 24.2 Å². The van der Waals surface area contributed by atoms with Crippen LogP contribution in [-0.4, -0.2) is 17.5 Å². The lowest BCUT2D eigenvalue weighted by Gasteiger charge is -2.45. The van der Waals surface area contributed by atoms with E-state index in [1.807, 2.05) is 19.9 Å². The molecule has 3 rings (SSSR count). The van der Waals surface area contributed by atoms with Crippen molar-refractivity contribution < 1.29 is 0 Å². The van der Waals surface area contributed by atoms with E-state index in [2.05, 4.69) is 164 Å². The third-order valence-electron chi connectivity index (χ3n) is 14.1. The van der Waals surface area contributed by atoms with Crippen molar-refractivity contribution in [2.45, 2.75) is 277 Å². The van der Waals surface area contributed by atoms with Crippen LogP contribution in [0.15, 0.2) is 85.7 Å². The van der Waals surface area contributed by atoms with E-state index < -0.39 is 0 Å². The van der Waals surface area contributed by atoms with Crippen molar-refractivity contribution in [3.63, 3.8) is 0 Å². The Hall–Kier alpha value is -2.53. The van der Waals surface area contributed by atoms with Gasteiger partial charge in [-0.05, 0) is 120 Å². The van der Waals surface area contributed by atoms with E-state index in [1.165, 1.54) is 165 Å². The Morgan fingerprint density at radius 2 is 1.37 bits per heavy atom. The van der Waals surface area contributed by atoms with Gasteiger partial charge >= 0.3 is 0 Å². The van der Waals surface area contributed by atoms with Crippen LogP contribution in [0.5, 0.6) is 0 Å². The van der Waals surface area contributed by atoms with Gasteiger partial charge in [-0.25, -0.2) is 0 Å². The van der Waals surface area contributed by atoms with Crippen LogP contribution in [0.4, 0.5) is 0 Å². The summed E-state index contributed by atoms with van der Waals surface area (Å²) in [6.07, 6.45) is 49.8. The number of unbranched alkanes of at least 4 members (excludes halogenated alkanes) is 5. The second-order valence-electron chi connectivity index (χ2n) is 20.1. The van der Waals surface area contributed by atoms with Crippen molar-refractivity contribution in [2.24, 2.45) is 41.4 Å². The average molecular weight is 932 g/mol. The molecule has 2 nitrogen and oxygen atoms in total.